The topological polar surface area (TPSA) is 93.7 Å². The molecule has 0 saturated heterocycles. The van der Waals surface area contributed by atoms with Crippen LogP contribution in [0.1, 0.15) is 26.3 Å². The van der Waals surface area contributed by atoms with Gasteiger partial charge in [0.2, 0.25) is 5.91 Å². The lowest BCUT2D eigenvalue weighted by molar-refractivity contribution is -0.148. The number of esters is 1. The molecular formula is C25H32N2O5. The Morgan fingerprint density at radius 3 is 2.16 bits per heavy atom. The van der Waals surface area contributed by atoms with Crippen LogP contribution in [-0.4, -0.2) is 43.6 Å². The van der Waals surface area contributed by atoms with E-state index >= 15 is 0 Å². The van der Waals surface area contributed by atoms with E-state index < -0.39 is 17.9 Å². The fraction of sp³-hybridized carbons (Fsp3) is 0.400. The van der Waals surface area contributed by atoms with Crippen molar-refractivity contribution in [3.05, 3.63) is 66.2 Å². The average Bonchev–Trinajstić information content (AvgIpc) is 2.80. The lowest BCUT2D eigenvalue weighted by atomic mass is 9.98. The van der Waals surface area contributed by atoms with E-state index in [1.54, 1.807) is 19.1 Å². The van der Waals surface area contributed by atoms with Crippen LogP contribution in [0.25, 0.3) is 0 Å². The molecule has 2 atom stereocenters. The van der Waals surface area contributed by atoms with Gasteiger partial charge in [-0.2, -0.15) is 0 Å². The summed E-state index contributed by atoms with van der Waals surface area (Å²) in [5.41, 5.74) is 0.978. The van der Waals surface area contributed by atoms with E-state index in [-0.39, 0.29) is 37.6 Å². The number of ether oxygens (including phenoxy) is 2. The van der Waals surface area contributed by atoms with Gasteiger partial charge in [0.15, 0.2) is 6.61 Å². The highest BCUT2D eigenvalue weighted by Gasteiger charge is 2.27. The Hall–Kier alpha value is -3.35. The Balaban J connectivity index is 1.93. The third kappa shape index (κ3) is 8.41. The van der Waals surface area contributed by atoms with Crippen molar-refractivity contribution in [2.75, 3.05) is 19.8 Å². The summed E-state index contributed by atoms with van der Waals surface area (Å²) in [6, 6.07) is 17.8. The highest BCUT2D eigenvalue weighted by Crippen LogP contribution is 2.11. The van der Waals surface area contributed by atoms with Crippen LogP contribution < -0.4 is 15.4 Å². The van der Waals surface area contributed by atoms with Crippen molar-refractivity contribution in [3.8, 4) is 5.75 Å². The zero-order valence-electron chi connectivity index (χ0n) is 18.9. The predicted molar refractivity (Wildman–Crippen MR) is 122 cm³/mol. The van der Waals surface area contributed by atoms with Crippen LogP contribution in [0.4, 0.5) is 0 Å². The minimum absolute atomic E-state index is 0.117. The average molecular weight is 441 g/mol. The van der Waals surface area contributed by atoms with E-state index in [2.05, 4.69) is 10.6 Å². The summed E-state index contributed by atoms with van der Waals surface area (Å²) in [5, 5.41) is 5.53. The molecule has 0 aromatic heterocycles. The van der Waals surface area contributed by atoms with Crippen LogP contribution in [0.5, 0.6) is 5.75 Å². The van der Waals surface area contributed by atoms with Gasteiger partial charge in [-0.1, -0.05) is 62.4 Å². The molecule has 2 unspecified atom stereocenters. The van der Waals surface area contributed by atoms with Gasteiger partial charge in [-0.15, -0.1) is 0 Å². The van der Waals surface area contributed by atoms with Crippen LogP contribution >= 0.6 is 0 Å². The summed E-state index contributed by atoms with van der Waals surface area (Å²) in [6.07, 6.45) is 0.448. The van der Waals surface area contributed by atoms with Crippen LogP contribution in [-0.2, 0) is 25.5 Å². The van der Waals surface area contributed by atoms with Crippen LogP contribution in [0.3, 0.4) is 0 Å². The SMILES string of the molecule is CCOC(=O)C(CNC(=O)C(NC(=O)COc1ccccc1)C(C)C)Cc1ccccc1. The Kier molecular flexibility index (Phi) is 10.2. The lowest BCUT2D eigenvalue weighted by Crippen LogP contribution is -2.52. The van der Waals surface area contributed by atoms with Crippen molar-refractivity contribution in [3.63, 3.8) is 0 Å². The van der Waals surface area contributed by atoms with E-state index in [0.717, 1.165) is 5.56 Å². The van der Waals surface area contributed by atoms with Crippen molar-refractivity contribution < 1.29 is 23.9 Å². The van der Waals surface area contributed by atoms with Crippen molar-refractivity contribution in [2.24, 2.45) is 11.8 Å². The minimum Gasteiger partial charge on any atom is -0.484 e. The number of nitrogens with one attached hydrogen (secondary N) is 2. The number of benzene rings is 2. The van der Waals surface area contributed by atoms with Crippen molar-refractivity contribution in [1.82, 2.24) is 10.6 Å². The van der Waals surface area contributed by atoms with E-state index in [1.165, 1.54) is 0 Å². The summed E-state index contributed by atoms with van der Waals surface area (Å²) in [7, 11) is 0. The molecule has 0 aliphatic carbocycles. The van der Waals surface area contributed by atoms with Gasteiger partial charge in [-0.3, -0.25) is 14.4 Å². The number of hydrogen-bond donors (Lipinski definition) is 2. The number of amides is 2. The third-order valence-electron chi connectivity index (χ3n) is 4.85. The Morgan fingerprint density at radius 1 is 0.938 bits per heavy atom. The zero-order chi connectivity index (χ0) is 23.3. The molecule has 0 fully saturated rings. The maximum Gasteiger partial charge on any atom is 0.311 e. The largest absolute Gasteiger partial charge is 0.484 e. The highest BCUT2D eigenvalue weighted by molar-refractivity contribution is 5.88. The second kappa shape index (κ2) is 13.1. The standard InChI is InChI=1S/C25H32N2O5/c1-4-31-25(30)20(15-19-11-7-5-8-12-19)16-26-24(29)23(18(2)3)27-22(28)17-32-21-13-9-6-10-14-21/h5-14,18,20,23H,4,15-17H2,1-3H3,(H,26,29)(H,27,28). The highest BCUT2D eigenvalue weighted by atomic mass is 16.5. The first-order chi connectivity index (χ1) is 15.4. The van der Waals surface area contributed by atoms with E-state index in [1.807, 2.05) is 62.4 Å². The Labute approximate surface area is 189 Å². The minimum atomic E-state index is -0.749. The molecule has 0 aliphatic heterocycles. The quantitative estimate of drug-likeness (QED) is 0.495. The molecule has 32 heavy (non-hydrogen) atoms. The van der Waals surface area contributed by atoms with Gasteiger partial charge in [0.05, 0.1) is 12.5 Å². The molecule has 0 heterocycles. The van der Waals surface area contributed by atoms with Gasteiger partial charge in [0, 0.05) is 6.54 Å². The molecule has 172 valence electrons. The molecule has 0 bridgehead atoms. The summed E-state index contributed by atoms with van der Waals surface area (Å²) >= 11 is 0. The van der Waals surface area contributed by atoms with E-state index in [4.69, 9.17) is 9.47 Å². The van der Waals surface area contributed by atoms with Crippen LogP contribution in [0, 0.1) is 11.8 Å². The zero-order valence-corrected chi connectivity index (χ0v) is 18.9. The number of carbonyl (C=O) groups excluding carboxylic acids is 3. The van der Waals surface area contributed by atoms with E-state index in [9.17, 15) is 14.4 Å². The Bertz CT molecular complexity index is 855. The second-order valence-electron chi connectivity index (χ2n) is 7.77. The van der Waals surface area contributed by atoms with Gasteiger partial charge in [-0.05, 0) is 37.0 Å². The summed E-state index contributed by atoms with van der Waals surface area (Å²) in [4.78, 5) is 37.5. The number of para-hydroxylation sites is 1. The van der Waals surface area contributed by atoms with Crippen LogP contribution in [0.15, 0.2) is 60.7 Å². The maximum atomic E-state index is 12.8. The molecule has 2 aromatic rings. The predicted octanol–water partition coefficient (Wildman–Crippen LogP) is 2.74. The molecule has 2 amide bonds. The fourth-order valence-electron chi connectivity index (χ4n) is 3.15. The lowest BCUT2D eigenvalue weighted by Gasteiger charge is -2.23. The summed E-state index contributed by atoms with van der Waals surface area (Å²) in [5.74, 6) is -1.20. The molecule has 7 heteroatoms. The van der Waals surface area contributed by atoms with Gasteiger partial charge < -0.3 is 20.1 Å². The molecule has 0 saturated carbocycles. The first-order valence-electron chi connectivity index (χ1n) is 10.9. The molecule has 2 N–H and O–H groups in total. The first-order valence-corrected chi connectivity index (χ1v) is 10.9. The van der Waals surface area contributed by atoms with E-state index in [0.29, 0.717) is 12.2 Å². The molecular weight excluding hydrogens is 408 g/mol. The van der Waals surface area contributed by atoms with Crippen molar-refractivity contribution in [2.45, 2.75) is 33.2 Å². The Morgan fingerprint density at radius 2 is 1.56 bits per heavy atom. The van der Waals surface area contributed by atoms with Gasteiger partial charge >= 0.3 is 5.97 Å². The summed E-state index contributed by atoms with van der Waals surface area (Å²) < 4.78 is 10.6. The molecule has 0 aliphatic rings. The summed E-state index contributed by atoms with van der Waals surface area (Å²) in [6.45, 7) is 5.62. The molecule has 0 radical (unpaired) electrons. The monoisotopic (exact) mass is 440 g/mol. The molecule has 2 rings (SSSR count). The molecule has 0 spiro atoms. The third-order valence-corrected chi connectivity index (χ3v) is 4.85. The number of carbonyl (C=O) groups is 3. The maximum absolute atomic E-state index is 12.8. The number of hydrogen-bond acceptors (Lipinski definition) is 5. The van der Waals surface area contributed by atoms with Crippen molar-refractivity contribution in [1.29, 1.82) is 0 Å². The molecule has 2 aromatic carbocycles. The first kappa shape index (κ1) is 24.9. The second-order valence-corrected chi connectivity index (χ2v) is 7.77. The van der Waals surface area contributed by atoms with Crippen LogP contribution in [0.2, 0.25) is 0 Å². The van der Waals surface area contributed by atoms with Gasteiger partial charge in [0.25, 0.3) is 5.91 Å². The van der Waals surface area contributed by atoms with Crippen molar-refractivity contribution >= 4 is 17.8 Å². The fourth-order valence-corrected chi connectivity index (χ4v) is 3.15. The molecule has 7 nitrogen and oxygen atoms in total. The number of rotatable bonds is 12. The smallest absolute Gasteiger partial charge is 0.311 e. The van der Waals surface area contributed by atoms with Gasteiger partial charge in [-0.25, -0.2) is 0 Å². The van der Waals surface area contributed by atoms with Gasteiger partial charge in [0.1, 0.15) is 11.8 Å². The normalized spacial score (nSPS) is 12.5.